The van der Waals surface area contributed by atoms with Crippen LogP contribution < -0.4 is 5.32 Å². The molecule has 2 aromatic rings. The van der Waals surface area contributed by atoms with E-state index in [1.807, 2.05) is 29.9 Å². The number of aryl methyl sites for hydroxylation is 1. The van der Waals surface area contributed by atoms with Crippen LogP contribution in [0.5, 0.6) is 0 Å². The van der Waals surface area contributed by atoms with Gasteiger partial charge in [-0.15, -0.1) is 24.0 Å². The van der Waals surface area contributed by atoms with Crippen LogP contribution in [0.1, 0.15) is 36.2 Å². The summed E-state index contributed by atoms with van der Waals surface area (Å²) in [6, 6.07) is 10.3. The van der Waals surface area contributed by atoms with Gasteiger partial charge in [-0.05, 0) is 45.2 Å². The molecule has 0 aliphatic carbocycles. The molecule has 7 nitrogen and oxygen atoms in total. The Morgan fingerprint density at radius 1 is 1.16 bits per heavy atom. The molecule has 1 aromatic heterocycles. The van der Waals surface area contributed by atoms with E-state index in [4.69, 9.17) is 14.6 Å². The highest BCUT2D eigenvalue weighted by molar-refractivity contribution is 14.0. The number of piperidine rings is 1. The van der Waals surface area contributed by atoms with Crippen LogP contribution in [-0.4, -0.2) is 67.2 Å². The lowest BCUT2D eigenvalue weighted by Crippen LogP contribution is -2.46. The predicted molar refractivity (Wildman–Crippen MR) is 136 cm³/mol. The van der Waals surface area contributed by atoms with Crippen molar-refractivity contribution in [3.8, 4) is 5.69 Å². The first-order chi connectivity index (χ1) is 14.6. The van der Waals surface area contributed by atoms with E-state index in [0.717, 1.165) is 68.6 Å². The Labute approximate surface area is 203 Å². The molecule has 1 aliphatic rings. The topological polar surface area (TPSA) is 63.9 Å². The van der Waals surface area contributed by atoms with Crippen LogP contribution >= 0.6 is 24.0 Å². The number of nitrogens with one attached hydrogen (secondary N) is 1. The monoisotopic (exact) mass is 541 g/mol. The van der Waals surface area contributed by atoms with Crippen LogP contribution in [0.2, 0.25) is 0 Å². The van der Waals surface area contributed by atoms with Gasteiger partial charge in [-0.2, -0.15) is 5.10 Å². The van der Waals surface area contributed by atoms with Gasteiger partial charge in [-0.25, -0.2) is 4.68 Å². The van der Waals surface area contributed by atoms with Crippen molar-refractivity contribution in [1.82, 2.24) is 20.0 Å². The molecular weight excluding hydrogens is 505 g/mol. The summed E-state index contributed by atoms with van der Waals surface area (Å²) in [6.07, 6.45) is 3.34. The summed E-state index contributed by atoms with van der Waals surface area (Å²) in [4.78, 5) is 6.83. The Morgan fingerprint density at radius 2 is 1.87 bits per heavy atom. The number of para-hydroxylation sites is 1. The number of methoxy groups -OCH3 is 1. The molecule has 31 heavy (non-hydrogen) atoms. The molecular formula is C23H36IN5O2. The van der Waals surface area contributed by atoms with E-state index >= 15 is 0 Å². The van der Waals surface area contributed by atoms with Crippen molar-refractivity contribution < 1.29 is 9.47 Å². The number of hydrogen-bond donors (Lipinski definition) is 1. The van der Waals surface area contributed by atoms with Crippen molar-refractivity contribution in [3.63, 3.8) is 0 Å². The smallest absolute Gasteiger partial charge is 0.193 e. The number of likely N-dealkylation sites (tertiary alicyclic amines) is 1. The number of guanidine groups is 1. The minimum Gasteiger partial charge on any atom is -0.385 e. The van der Waals surface area contributed by atoms with Gasteiger partial charge in [-0.3, -0.25) is 4.99 Å². The lowest BCUT2D eigenvalue weighted by molar-refractivity contribution is 0.00989. The Bertz CT molecular complexity index is 817. The van der Waals surface area contributed by atoms with E-state index in [2.05, 4.69) is 41.2 Å². The van der Waals surface area contributed by atoms with E-state index < -0.39 is 0 Å². The van der Waals surface area contributed by atoms with E-state index in [0.29, 0.717) is 12.6 Å². The second kappa shape index (κ2) is 13.0. The third-order valence-electron chi connectivity index (χ3n) is 5.66. The molecule has 1 saturated heterocycles. The van der Waals surface area contributed by atoms with Gasteiger partial charge in [0.15, 0.2) is 5.96 Å². The first kappa shape index (κ1) is 25.6. The maximum atomic E-state index is 5.97. The van der Waals surface area contributed by atoms with Crippen LogP contribution in [0.15, 0.2) is 35.3 Å². The number of hydrogen-bond acceptors (Lipinski definition) is 4. The van der Waals surface area contributed by atoms with Crippen molar-refractivity contribution in [2.45, 2.75) is 45.8 Å². The first-order valence-electron chi connectivity index (χ1n) is 10.8. The minimum absolute atomic E-state index is 0. The fourth-order valence-corrected chi connectivity index (χ4v) is 3.94. The molecule has 0 amide bonds. The largest absolute Gasteiger partial charge is 0.385 e. The van der Waals surface area contributed by atoms with Crippen LogP contribution in [0.3, 0.4) is 0 Å². The van der Waals surface area contributed by atoms with E-state index in [9.17, 15) is 0 Å². The molecule has 0 radical (unpaired) electrons. The van der Waals surface area contributed by atoms with Gasteiger partial charge in [0.25, 0.3) is 0 Å². The third kappa shape index (κ3) is 6.92. The zero-order valence-electron chi connectivity index (χ0n) is 19.1. The number of benzene rings is 1. The fraction of sp³-hybridized carbons (Fsp3) is 0.565. The number of rotatable bonds is 8. The molecule has 0 atom stereocenters. The van der Waals surface area contributed by atoms with E-state index in [1.165, 1.54) is 5.56 Å². The summed E-state index contributed by atoms with van der Waals surface area (Å²) >= 11 is 0. The molecule has 172 valence electrons. The zero-order chi connectivity index (χ0) is 21.3. The second-order valence-electron chi connectivity index (χ2n) is 7.70. The van der Waals surface area contributed by atoms with E-state index in [-0.39, 0.29) is 24.0 Å². The highest BCUT2D eigenvalue weighted by atomic mass is 127. The lowest BCUT2D eigenvalue weighted by atomic mass is 10.1. The summed E-state index contributed by atoms with van der Waals surface area (Å²) in [5, 5.41) is 8.29. The molecule has 1 aliphatic heterocycles. The summed E-state index contributed by atoms with van der Waals surface area (Å²) in [5.41, 5.74) is 4.50. The van der Waals surface area contributed by atoms with Crippen LogP contribution in [0.25, 0.3) is 5.69 Å². The van der Waals surface area contributed by atoms with E-state index in [1.54, 1.807) is 7.11 Å². The molecule has 3 rings (SSSR count). The van der Waals surface area contributed by atoms with Crippen molar-refractivity contribution in [3.05, 3.63) is 47.3 Å². The van der Waals surface area contributed by atoms with Gasteiger partial charge in [0.1, 0.15) is 0 Å². The number of nitrogens with zero attached hydrogens (tertiary/aromatic N) is 4. The van der Waals surface area contributed by atoms with Crippen molar-refractivity contribution in [2.75, 3.05) is 40.5 Å². The molecule has 1 N–H and O–H groups in total. The zero-order valence-corrected chi connectivity index (χ0v) is 21.5. The van der Waals surface area contributed by atoms with Gasteiger partial charge in [0.2, 0.25) is 0 Å². The van der Waals surface area contributed by atoms with Crippen molar-refractivity contribution >= 4 is 29.9 Å². The van der Waals surface area contributed by atoms with Crippen molar-refractivity contribution in [2.24, 2.45) is 4.99 Å². The van der Waals surface area contributed by atoms with Crippen LogP contribution in [0.4, 0.5) is 0 Å². The summed E-state index contributed by atoms with van der Waals surface area (Å²) in [5.74, 6) is 0.944. The van der Waals surface area contributed by atoms with Gasteiger partial charge >= 0.3 is 0 Å². The number of aromatic nitrogens is 2. The minimum atomic E-state index is 0. The Kier molecular flexibility index (Phi) is 10.8. The van der Waals surface area contributed by atoms with Crippen molar-refractivity contribution in [1.29, 1.82) is 0 Å². The second-order valence-corrected chi connectivity index (χ2v) is 7.70. The molecule has 1 fully saturated rings. The maximum absolute atomic E-state index is 5.97. The number of ether oxygens (including phenoxy) is 2. The molecule has 0 unspecified atom stereocenters. The predicted octanol–water partition coefficient (Wildman–Crippen LogP) is 3.70. The molecule has 0 saturated carbocycles. The Balaban J connectivity index is 0.00000341. The maximum Gasteiger partial charge on any atom is 0.193 e. The molecule has 0 spiro atoms. The molecule has 0 bridgehead atoms. The quantitative estimate of drug-likeness (QED) is 0.239. The van der Waals surface area contributed by atoms with Gasteiger partial charge in [0, 0.05) is 58.3 Å². The SMILES string of the molecule is CN=C(NCc1c(C)nn(-c2ccccc2)c1C)N1CCC(OCCCOC)CC1.I. The lowest BCUT2D eigenvalue weighted by Gasteiger charge is -2.34. The Hall–Kier alpha value is -1.65. The highest BCUT2D eigenvalue weighted by Crippen LogP contribution is 2.18. The number of aliphatic imine (C=N–C) groups is 1. The molecule has 8 heteroatoms. The van der Waals surface area contributed by atoms with Crippen LogP contribution in [-0.2, 0) is 16.0 Å². The highest BCUT2D eigenvalue weighted by Gasteiger charge is 2.22. The summed E-state index contributed by atoms with van der Waals surface area (Å²) < 4.78 is 13.1. The molecule has 1 aromatic carbocycles. The average Bonchev–Trinajstić information content (AvgIpc) is 3.07. The third-order valence-corrected chi connectivity index (χ3v) is 5.66. The summed E-state index contributed by atoms with van der Waals surface area (Å²) in [7, 11) is 3.58. The molecule has 2 heterocycles. The van der Waals surface area contributed by atoms with Gasteiger partial charge < -0.3 is 19.7 Å². The average molecular weight is 541 g/mol. The normalized spacial score (nSPS) is 15.1. The first-order valence-corrected chi connectivity index (χ1v) is 10.8. The van der Waals surface area contributed by atoms with Crippen LogP contribution in [0, 0.1) is 13.8 Å². The van der Waals surface area contributed by atoms with Gasteiger partial charge in [0.05, 0.1) is 17.5 Å². The van der Waals surface area contributed by atoms with Gasteiger partial charge in [-0.1, -0.05) is 18.2 Å². The summed E-state index contributed by atoms with van der Waals surface area (Å²) in [6.45, 7) is 8.35. The Morgan fingerprint density at radius 3 is 2.52 bits per heavy atom. The number of halogens is 1. The standard InChI is InChI=1S/C23H35N5O2.HI/c1-18-22(19(2)28(26-18)20-9-6-5-7-10-20)17-25-23(24-3)27-13-11-21(12-14-27)30-16-8-15-29-4;/h5-7,9-10,21H,8,11-17H2,1-4H3,(H,24,25);1H. The fourth-order valence-electron chi connectivity index (χ4n) is 3.94.